The monoisotopic (exact) mass is 606 g/mol. The number of pyridine rings is 1. The fourth-order valence-electron chi connectivity index (χ4n) is 7.85. The zero-order chi connectivity index (χ0) is 31.1. The first kappa shape index (κ1) is 26.4. The minimum absolute atomic E-state index is 0.173. The molecule has 1 N–H and O–H groups in total. The lowest BCUT2D eigenvalue weighted by Crippen LogP contribution is -2.11. The van der Waals surface area contributed by atoms with E-state index in [4.69, 9.17) is 13.8 Å². The molecule has 0 spiro atoms. The van der Waals surface area contributed by atoms with Crippen molar-refractivity contribution in [1.29, 1.82) is 0 Å². The standard InChI is InChI=1S/C43H30N2O2/c1-25-31(15-17-40-41(25)34-10-3-5-13-38(34)47-40)29-20-28(26-14-16-39-36(23-26)32-9-2-4-12-37(32)46-39)21-30(22-29)35-24-27-8-6-18-44-42(27)43-33(35)11-7-19-45-43/h2-18,20-25,31,45H,19H2,1H3. The Labute approximate surface area is 271 Å². The summed E-state index contributed by atoms with van der Waals surface area (Å²) in [5.41, 5.74) is 13.3. The molecule has 1 aliphatic heterocycles. The topological polar surface area (TPSA) is 51.2 Å². The van der Waals surface area contributed by atoms with E-state index in [1.165, 1.54) is 44.3 Å². The molecule has 4 heteroatoms. The van der Waals surface area contributed by atoms with Crippen molar-refractivity contribution in [3.8, 4) is 22.3 Å². The molecule has 2 unspecified atom stereocenters. The second-order valence-electron chi connectivity index (χ2n) is 12.8. The third kappa shape index (κ3) is 4.04. The molecule has 0 amide bonds. The molecule has 224 valence electrons. The summed E-state index contributed by atoms with van der Waals surface area (Å²) in [6, 6.07) is 36.9. The molecule has 3 aromatic heterocycles. The van der Waals surface area contributed by atoms with E-state index < -0.39 is 0 Å². The van der Waals surface area contributed by atoms with Gasteiger partial charge in [-0.15, -0.1) is 0 Å². The van der Waals surface area contributed by atoms with Gasteiger partial charge in [-0.05, 0) is 82.3 Å². The largest absolute Gasteiger partial charge is 0.456 e. The van der Waals surface area contributed by atoms with Crippen molar-refractivity contribution < 1.29 is 8.83 Å². The van der Waals surface area contributed by atoms with E-state index in [1.54, 1.807) is 0 Å². The molecular formula is C43H30N2O2. The summed E-state index contributed by atoms with van der Waals surface area (Å²) >= 11 is 0. The summed E-state index contributed by atoms with van der Waals surface area (Å²) in [5, 5.41) is 8.22. The van der Waals surface area contributed by atoms with Crippen LogP contribution >= 0.6 is 0 Å². The van der Waals surface area contributed by atoms with Gasteiger partial charge in [0.25, 0.3) is 0 Å². The second-order valence-corrected chi connectivity index (χ2v) is 12.8. The molecule has 0 bridgehead atoms. The van der Waals surface area contributed by atoms with Crippen molar-refractivity contribution in [1.82, 2.24) is 4.98 Å². The highest BCUT2D eigenvalue weighted by Gasteiger charge is 2.29. The van der Waals surface area contributed by atoms with Crippen molar-refractivity contribution in [2.24, 2.45) is 0 Å². The predicted octanol–water partition coefficient (Wildman–Crippen LogP) is 11.6. The zero-order valence-electron chi connectivity index (χ0n) is 25.8. The molecular weight excluding hydrogens is 576 g/mol. The highest BCUT2D eigenvalue weighted by Crippen LogP contribution is 2.47. The molecule has 4 nitrogen and oxygen atoms in total. The van der Waals surface area contributed by atoms with E-state index in [-0.39, 0.29) is 11.8 Å². The molecule has 8 aromatic rings. The van der Waals surface area contributed by atoms with Gasteiger partial charge < -0.3 is 14.2 Å². The molecule has 2 aliphatic rings. The normalized spacial score (nSPS) is 17.0. The average molecular weight is 607 g/mol. The van der Waals surface area contributed by atoms with Crippen LogP contribution in [-0.2, 0) is 0 Å². The Morgan fingerprint density at radius 3 is 2.43 bits per heavy atom. The Morgan fingerprint density at radius 2 is 1.51 bits per heavy atom. The smallest absolute Gasteiger partial charge is 0.135 e. The van der Waals surface area contributed by atoms with Crippen LogP contribution in [0.1, 0.15) is 41.2 Å². The van der Waals surface area contributed by atoms with Crippen LogP contribution in [0, 0.1) is 0 Å². The van der Waals surface area contributed by atoms with Gasteiger partial charge in [0, 0.05) is 51.3 Å². The van der Waals surface area contributed by atoms with Crippen LogP contribution in [0.2, 0.25) is 0 Å². The Bertz CT molecular complexity index is 2620. The Hall–Kier alpha value is -5.87. The van der Waals surface area contributed by atoms with Crippen LogP contribution < -0.4 is 5.32 Å². The number of para-hydroxylation sites is 2. The second kappa shape index (κ2) is 10.1. The Kier molecular flexibility index (Phi) is 5.64. The average Bonchev–Trinajstić information content (AvgIpc) is 3.70. The van der Waals surface area contributed by atoms with Gasteiger partial charge in [0.2, 0.25) is 0 Å². The maximum atomic E-state index is 6.29. The van der Waals surface area contributed by atoms with E-state index in [2.05, 4.69) is 115 Å². The lowest BCUT2D eigenvalue weighted by Gasteiger charge is -2.27. The fraction of sp³-hybridized carbons (Fsp3) is 0.0930. The molecule has 1 aliphatic carbocycles. The number of rotatable bonds is 3. The fourth-order valence-corrected chi connectivity index (χ4v) is 7.85. The molecule has 47 heavy (non-hydrogen) atoms. The summed E-state index contributed by atoms with van der Waals surface area (Å²) in [5.74, 6) is 1.38. The van der Waals surface area contributed by atoms with Crippen molar-refractivity contribution in [3.05, 3.63) is 144 Å². The summed E-state index contributed by atoms with van der Waals surface area (Å²) in [4.78, 5) is 4.76. The molecule has 4 heterocycles. The van der Waals surface area contributed by atoms with E-state index >= 15 is 0 Å². The number of fused-ring (bicyclic) bond motifs is 9. The number of aromatic nitrogens is 1. The van der Waals surface area contributed by atoms with E-state index in [9.17, 15) is 0 Å². The van der Waals surface area contributed by atoms with Gasteiger partial charge in [-0.25, -0.2) is 0 Å². The van der Waals surface area contributed by atoms with Crippen LogP contribution in [0.25, 0.3) is 78.2 Å². The third-order valence-corrected chi connectivity index (χ3v) is 10.1. The van der Waals surface area contributed by atoms with E-state index in [0.29, 0.717) is 0 Å². The Balaban J connectivity index is 1.21. The maximum Gasteiger partial charge on any atom is 0.135 e. The van der Waals surface area contributed by atoms with Gasteiger partial charge in [0.1, 0.15) is 22.5 Å². The Morgan fingerprint density at radius 1 is 0.702 bits per heavy atom. The van der Waals surface area contributed by atoms with E-state index in [1.807, 2.05) is 30.5 Å². The first-order chi connectivity index (χ1) is 23.2. The van der Waals surface area contributed by atoms with Crippen LogP contribution in [0.15, 0.2) is 130 Å². The van der Waals surface area contributed by atoms with Gasteiger partial charge in [0.15, 0.2) is 0 Å². The van der Waals surface area contributed by atoms with Crippen molar-refractivity contribution in [2.75, 3.05) is 11.9 Å². The quantitative estimate of drug-likeness (QED) is 0.217. The summed E-state index contributed by atoms with van der Waals surface area (Å²) in [6.45, 7) is 3.12. The summed E-state index contributed by atoms with van der Waals surface area (Å²) in [7, 11) is 0. The lowest BCUT2D eigenvalue weighted by molar-refractivity contribution is 0.574. The summed E-state index contributed by atoms with van der Waals surface area (Å²) < 4.78 is 12.5. The number of allylic oxidation sites excluding steroid dienone is 1. The van der Waals surface area contributed by atoms with Gasteiger partial charge in [-0.1, -0.05) is 85.8 Å². The maximum absolute atomic E-state index is 6.29. The number of furan rings is 2. The number of benzene rings is 5. The number of hydrogen-bond donors (Lipinski definition) is 1. The van der Waals surface area contributed by atoms with Crippen LogP contribution in [-0.4, -0.2) is 11.5 Å². The van der Waals surface area contributed by atoms with Crippen molar-refractivity contribution in [2.45, 2.75) is 18.8 Å². The lowest BCUT2D eigenvalue weighted by atomic mass is 9.77. The zero-order valence-corrected chi connectivity index (χ0v) is 25.8. The first-order valence-electron chi connectivity index (χ1n) is 16.3. The number of nitrogens with one attached hydrogen (secondary N) is 1. The molecule has 0 saturated heterocycles. The summed E-state index contributed by atoms with van der Waals surface area (Å²) in [6.07, 6.45) is 10.8. The predicted molar refractivity (Wildman–Crippen MR) is 194 cm³/mol. The number of anilines is 1. The van der Waals surface area contributed by atoms with Crippen LogP contribution in [0.4, 0.5) is 5.69 Å². The van der Waals surface area contributed by atoms with Crippen LogP contribution in [0.3, 0.4) is 0 Å². The molecule has 10 rings (SSSR count). The van der Waals surface area contributed by atoms with Gasteiger partial charge in [0.05, 0.1) is 11.2 Å². The third-order valence-electron chi connectivity index (χ3n) is 10.1. The molecule has 0 saturated carbocycles. The van der Waals surface area contributed by atoms with Gasteiger partial charge in [-0.2, -0.15) is 0 Å². The molecule has 5 aromatic carbocycles. The number of nitrogens with zero attached hydrogens (tertiary/aromatic N) is 1. The highest BCUT2D eigenvalue weighted by atomic mass is 16.3. The molecule has 2 atom stereocenters. The number of hydrogen-bond acceptors (Lipinski definition) is 4. The van der Waals surface area contributed by atoms with E-state index in [0.717, 1.165) is 56.4 Å². The highest BCUT2D eigenvalue weighted by molar-refractivity contribution is 6.07. The minimum atomic E-state index is 0.173. The van der Waals surface area contributed by atoms with Gasteiger partial charge >= 0.3 is 0 Å². The van der Waals surface area contributed by atoms with Crippen molar-refractivity contribution in [3.63, 3.8) is 0 Å². The van der Waals surface area contributed by atoms with Crippen molar-refractivity contribution >= 4 is 61.7 Å². The SMILES string of the molecule is CC1c2c(oc3ccccc23)C=CC1c1cc(-c2ccc3oc4ccccc4c3c2)cc(-c2cc3cccnc3c3c2C=CCN3)c1. The minimum Gasteiger partial charge on any atom is -0.456 e. The van der Waals surface area contributed by atoms with Gasteiger partial charge in [-0.3, -0.25) is 4.98 Å². The first-order valence-corrected chi connectivity index (χ1v) is 16.3. The van der Waals surface area contributed by atoms with Crippen LogP contribution in [0.5, 0.6) is 0 Å². The molecule has 0 radical (unpaired) electrons. The molecule has 0 fully saturated rings.